The fourth-order valence-corrected chi connectivity index (χ4v) is 10.4. The lowest BCUT2D eigenvalue weighted by atomic mass is 9.91. The van der Waals surface area contributed by atoms with E-state index in [4.69, 9.17) is 9.16 Å². The molecule has 0 unspecified atom stereocenters. The molecule has 3 nitrogen and oxygen atoms in total. The van der Waals surface area contributed by atoms with Crippen LogP contribution in [0.2, 0.25) is 5.04 Å². The highest BCUT2D eigenvalue weighted by Crippen LogP contribution is 2.38. The highest BCUT2D eigenvalue weighted by Gasteiger charge is 2.51. The van der Waals surface area contributed by atoms with E-state index < -0.39 is 8.32 Å². The molecule has 0 saturated carbocycles. The van der Waals surface area contributed by atoms with E-state index in [2.05, 4.69) is 122 Å². The van der Waals surface area contributed by atoms with E-state index in [0.29, 0.717) is 12.3 Å². The van der Waals surface area contributed by atoms with E-state index in [1.807, 2.05) is 0 Å². The summed E-state index contributed by atoms with van der Waals surface area (Å²) in [6.07, 6.45) is 4.12. The summed E-state index contributed by atoms with van der Waals surface area (Å²) in [6, 6.07) is 21.6. The molecule has 2 atom stereocenters. The quantitative estimate of drug-likeness (QED) is 0.118. The fraction of sp³-hybridized carbons (Fsp3) is 0.417. The molecule has 0 aliphatic heterocycles. The average molecular weight is 559 g/mol. The summed E-state index contributed by atoms with van der Waals surface area (Å²) in [5.41, 5.74) is 4.14. The average Bonchev–Trinajstić information content (AvgIpc) is 2.85. The molecule has 40 heavy (non-hydrogen) atoms. The number of carbonyl (C=O) groups excluding carboxylic acids is 1. The van der Waals surface area contributed by atoms with Crippen molar-refractivity contribution in [3.8, 4) is 0 Å². The van der Waals surface area contributed by atoms with E-state index in [1.165, 1.54) is 22.9 Å². The molecule has 0 spiro atoms. The Hall–Kier alpha value is -2.95. The number of benzene rings is 2. The van der Waals surface area contributed by atoms with E-state index in [1.54, 1.807) is 0 Å². The van der Waals surface area contributed by atoms with Crippen LogP contribution in [-0.2, 0) is 14.0 Å². The van der Waals surface area contributed by atoms with Crippen molar-refractivity contribution >= 4 is 24.7 Å². The van der Waals surface area contributed by atoms with Crippen LogP contribution >= 0.6 is 0 Å². The first-order valence-corrected chi connectivity index (χ1v) is 16.2. The molecule has 0 heterocycles. The van der Waals surface area contributed by atoms with E-state index in [-0.39, 0.29) is 23.7 Å². The Kier molecular flexibility index (Phi) is 12.6. The Morgan fingerprint density at radius 2 is 1.23 bits per heavy atom. The second-order valence-electron chi connectivity index (χ2n) is 12.4. The fourth-order valence-electron chi connectivity index (χ4n) is 5.70. The summed E-state index contributed by atoms with van der Waals surface area (Å²) in [7, 11) is -2.57. The minimum Gasteiger partial charge on any atom is -0.461 e. The zero-order valence-corrected chi connectivity index (χ0v) is 26.7. The molecule has 216 valence electrons. The molecule has 0 N–H and O–H groups in total. The van der Waals surface area contributed by atoms with Gasteiger partial charge in [-0.25, -0.2) is 0 Å². The van der Waals surface area contributed by atoms with Crippen LogP contribution in [0, 0.1) is 5.92 Å². The predicted molar refractivity (Wildman–Crippen MR) is 174 cm³/mol. The van der Waals surface area contributed by atoms with Gasteiger partial charge in [-0.05, 0) is 65.9 Å². The molecule has 0 amide bonds. The first-order chi connectivity index (χ1) is 18.7. The summed E-state index contributed by atoms with van der Waals surface area (Å²) in [4.78, 5) is 11.0. The first-order valence-electron chi connectivity index (χ1n) is 14.3. The van der Waals surface area contributed by atoms with Gasteiger partial charge in [-0.15, -0.1) is 0 Å². The van der Waals surface area contributed by atoms with Crippen LogP contribution < -0.4 is 10.4 Å². The second kappa shape index (κ2) is 15.2. The van der Waals surface area contributed by atoms with Crippen LogP contribution in [0.15, 0.2) is 109 Å². The number of hydrogen-bond acceptors (Lipinski definition) is 3. The van der Waals surface area contributed by atoms with Gasteiger partial charge in [-0.1, -0.05) is 131 Å². The normalized spacial score (nSPS) is 13.2. The molecular formula is C36H50O3Si. The second-order valence-corrected chi connectivity index (χ2v) is 16.7. The predicted octanol–water partition coefficient (Wildman–Crippen LogP) is 8.33. The van der Waals surface area contributed by atoms with Crippen molar-refractivity contribution in [3.63, 3.8) is 0 Å². The molecule has 0 aliphatic rings. The Morgan fingerprint density at radius 1 is 0.775 bits per heavy atom. The van der Waals surface area contributed by atoms with Crippen LogP contribution in [-0.4, -0.2) is 27.0 Å². The van der Waals surface area contributed by atoms with Gasteiger partial charge >= 0.3 is 5.97 Å². The summed E-state index contributed by atoms with van der Waals surface area (Å²) in [5.74, 6) is 0.133. The maximum Gasteiger partial charge on any atom is 0.302 e. The van der Waals surface area contributed by atoms with Crippen molar-refractivity contribution in [3.05, 3.63) is 109 Å². The molecule has 0 radical (unpaired) electrons. The van der Waals surface area contributed by atoms with E-state index in [9.17, 15) is 4.79 Å². The first kappa shape index (κ1) is 33.3. The summed E-state index contributed by atoms with van der Waals surface area (Å²) >= 11 is 0. The smallest absolute Gasteiger partial charge is 0.302 e. The molecule has 0 saturated heterocycles. The highest BCUT2D eigenvalue weighted by atomic mass is 28.4. The van der Waals surface area contributed by atoms with Crippen molar-refractivity contribution < 1.29 is 14.0 Å². The minimum absolute atomic E-state index is 0.0412. The molecular weight excluding hydrogens is 508 g/mol. The van der Waals surface area contributed by atoms with Crippen molar-refractivity contribution in [1.82, 2.24) is 0 Å². The standard InChI is InChI=1S/C36H50O3Si/c1-27(22-29(3)24-31(5)26-38-33(7)37)21-28(2)23-30(4)25-32(6)39-40(36(8,9)10,34-17-13-11-14-18-34)35-19-15-12-16-20-35/h11-20,30,32H,1-3,5,21-26H2,4,6-10H3/t30-,32-/m1/s1. The third-order valence-electron chi connectivity index (χ3n) is 7.15. The van der Waals surface area contributed by atoms with Crippen LogP contribution in [0.25, 0.3) is 0 Å². The molecule has 0 bridgehead atoms. The third kappa shape index (κ3) is 9.90. The van der Waals surface area contributed by atoms with Gasteiger partial charge in [0.25, 0.3) is 8.32 Å². The maximum absolute atomic E-state index is 11.0. The van der Waals surface area contributed by atoms with Crippen molar-refractivity contribution in [2.75, 3.05) is 6.61 Å². The zero-order chi connectivity index (χ0) is 29.9. The molecule has 0 aromatic heterocycles. The minimum atomic E-state index is -2.57. The largest absolute Gasteiger partial charge is 0.461 e. The molecule has 0 aliphatic carbocycles. The molecule has 2 rings (SSSR count). The van der Waals surface area contributed by atoms with Crippen molar-refractivity contribution in [1.29, 1.82) is 0 Å². The van der Waals surface area contributed by atoms with Gasteiger partial charge < -0.3 is 9.16 Å². The number of rotatable bonds is 16. The Morgan fingerprint density at radius 3 is 1.68 bits per heavy atom. The van der Waals surface area contributed by atoms with Crippen LogP contribution in [0.1, 0.15) is 73.6 Å². The van der Waals surface area contributed by atoms with Crippen molar-refractivity contribution in [2.45, 2.75) is 84.8 Å². The number of allylic oxidation sites excluding steroid dienone is 3. The number of carbonyl (C=O) groups is 1. The van der Waals surface area contributed by atoms with Gasteiger partial charge in [0.15, 0.2) is 0 Å². The van der Waals surface area contributed by atoms with E-state index in [0.717, 1.165) is 42.4 Å². The number of esters is 1. The van der Waals surface area contributed by atoms with Crippen LogP contribution in [0.3, 0.4) is 0 Å². The highest BCUT2D eigenvalue weighted by molar-refractivity contribution is 6.99. The molecule has 4 heteroatoms. The third-order valence-corrected chi connectivity index (χ3v) is 12.3. The molecule has 2 aromatic rings. The summed E-state index contributed by atoms with van der Waals surface area (Å²) < 4.78 is 12.3. The summed E-state index contributed by atoms with van der Waals surface area (Å²) in [6.45, 7) is 29.9. The van der Waals surface area contributed by atoms with Gasteiger partial charge in [0.05, 0.1) is 0 Å². The maximum atomic E-state index is 11.0. The number of hydrogen-bond donors (Lipinski definition) is 0. The van der Waals surface area contributed by atoms with Crippen LogP contribution in [0.4, 0.5) is 0 Å². The lowest BCUT2D eigenvalue weighted by molar-refractivity contribution is -0.140. The lowest BCUT2D eigenvalue weighted by Gasteiger charge is -2.45. The van der Waals surface area contributed by atoms with Gasteiger partial charge in [-0.2, -0.15) is 0 Å². The van der Waals surface area contributed by atoms with Gasteiger partial charge in [0.1, 0.15) is 6.61 Å². The Labute approximate surface area is 244 Å². The SMILES string of the molecule is C=C(COC(C)=O)CC(=C)CC(=C)CC(=C)C[C@@H](C)C[C@@H](C)O[Si](c1ccccc1)(c1ccccc1)C(C)(C)C. The van der Waals surface area contributed by atoms with Crippen LogP contribution in [0.5, 0.6) is 0 Å². The van der Waals surface area contributed by atoms with Gasteiger partial charge in [0.2, 0.25) is 0 Å². The number of ether oxygens (including phenoxy) is 1. The lowest BCUT2D eigenvalue weighted by Crippen LogP contribution is -2.67. The molecule has 2 aromatic carbocycles. The van der Waals surface area contributed by atoms with Gasteiger partial charge in [-0.3, -0.25) is 4.79 Å². The Balaban J connectivity index is 2.01. The Bertz CT molecular complexity index is 1120. The topological polar surface area (TPSA) is 35.5 Å². The van der Waals surface area contributed by atoms with E-state index >= 15 is 0 Å². The van der Waals surface area contributed by atoms with Gasteiger partial charge in [0, 0.05) is 13.0 Å². The molecule has 0 fully saturated rings. The zero-order valence-electron chi connectivity index (χ0n) is 25.7. The monoisotopic (exact) mass is 558 g/mol. The summed E-state index contributed by atoms with van der Waals surface area (Å²) in [5, 5.41) is 2.58. The van der Waals surface area contributed by atoms with Crippen molar-refractivity contribution in [2.24, 2.45) is 5.92 Å².